The monoisotopic (exact) mass is 216 g/mol. The van der Waals surface area contributed by atoms with Crippen LogP contribution in [0.4, 0.5) is 0 Å². The maximum Gasteiger partial charge on any atom is 0.304 e. The number of carbonyl (C=O) groups is 1. The molecule has 0 heterocycles. The standard InChI is InChI=1S/C10H16O3S/c11-7-2-1-3-8(7)14-10(4-5-10)6-9(12)13/h7-8,11H,1-6H2,(H,12,13)/t7-,8-/m1/s1. The molecule has 2 rings (SSSR count). The first kappa shape index (κ1) is 10.3. The van der Waals surface area contributed by atoms with Gasteiger partial charge in [0.05, 0.1) is 12.5 Å². The van der Waals surface area contributed by atoms with Gasteiger partial charge in [-0.25, -0.2) is 0 Å². The molecule has 0 aliphatic heterocycles. The Labute approximate surface area is 87.9 Å². The van der Waals surface area contributed by atoms with Gasteiger partial charge in [0.25, 0.3) is 0 Å². The molecule has 0 bridgehead atoms. The number of aliphatic hydroxyl groups is 1. The Morgan fingerprint density at radius 1 is 1.43 bits per heavy atom. The van der Waals surface area contributed by atoms with Crippen molar-refractivity contribution in [2.75, 3.05) is 0 Å². The molecule has 0 aromatic heterocycles. The summed E-state index contributed by atoms with van der Waals surface area (Å²) in [5.74, 6) is -0.706. The number of hydrogen-bond donors (Lipinski definition) is 2. The number of aliphatic hydroxyl groups excluding tert-OH is 1. The minimum absolute atomic E-state index is 0.0260. The van der Waals surface area contributed by atoms with Gasteiger partial charge in [-0.3, -0.25) is 4.79 Å². The van der Waals surface area contributed by atoms with Gasteiger partial charge in [-0.05, 0) is 32.1 Å². The van der Waals surface area contributed by atoms with Gasteiger partial charge in [-0.1, -0.05) is 0 Å². The summed E-state index contributed by atoms with van der Waals surface area (Å²) in [6, 6.07) is 0. The second-order valence-electron chi connectivity index (χ2n) is 4.41. The quantitative estimate of drug-likeness (QED) is 0.750. The molecule has 14 heavy (non-hydrogen) atoms. The van der Waals surface area contributed by atoms with Crippen LogP contribution in [0, 0.1) is 0 Å². The highest BCUT2D eigenvalue weighted by Gasteiger charge is 2.48. The number of carboxylic acids is 1. The van der Waals surface area contributed by atoms with Gasteiger partial charge >= 0.3 is 5.97 Å². The van der Waals surface area contributed by atoms with Crippen LogP contribution in [0.2, 0.25) is 0 Å². The van der Waals surface area contributed by atoms with Crippen LogP contribution in [0.3, 0.4) is 0 Å². The summed E-state index contributed by atoms with van der Waals surface area (Å²) in [6.45, 7) is 0. The Hall–Kier alpha value is -0.220. The van der Waals surface area contributed by atoms with Crippen LogP contribution >= 0.6 is 11.8 Å². The average molecular weight is 216 g/mol. The van der Waals surface area contributed by atoms with Crippen molar-refractivity contribution in [2.24, 2.45) is 0 Å². The molecule has 0 radical (unpaired) electrons. The van der Waals surface area contributed by atoms with Crippen LogP contribution in [0.1, 0.15) is 38.5 Å². The van der Waals surface area contributed by atoms with Gasteiger partial charge in [0.15, 0.2) is 0 Å². The molecule has 0 aromatic carbocycles. The van der Waals surface area contributed by atoms with E-state index < -0.39 is 5.97 Å². The van der Waals surface area contributed by atoms with Crippen molar-refractivity contribution < 1.29 is 15.0 Å². The summed E-state index contributed by atoms with van der Waals surface area (Å²) in [6.07, 6.45) is 5.10. The molecule has 80 valence electrons. The lowest BCUT2D eigenvalue weighted by Crippen LogP contribution is -2.21. The molecule has 0 saturated heterocycles. The normalized spacial score (nSPS) is 34.4. The van der Waals surface area contributed by atoms with E-state index in [0.29, 0.717) is 0 Å². The summed E-state index contributed by atoms with van der Waals surface area (Å²) in [5, 5.41) is 18.7. The lowest BCUT2D eigenvalue weighted by molar-refractivity contribution is -0.137. The molecule has 3 nitrogen and oxygen atoms in total. The predicted octanol–water partition coefficient (Wildman–Crippen LogP) is 1.64. The molecular formula is C10H16O3S. The molecule has 0 amide bonds. The molecule has 0 spiro atoms. The first-order valence-corrected chi connectivity index (χ1v) is 6.07. The third-order valence-electron chi connectivity index (χ3n) is 3.10. The minimum atomic E-state index is -0.706. The maximum atomic E-state index is 10.6. The van der Waals surface area contributed by atoms with Gasteiger partial charge in [0.1, 0.15) is 0 Å². The van der Waals surface area contributed by atoms with Crippen molar-refractivity contribution in [1.29, 1.82) is 0 Å². The topological polar surface area (TPSA) is 57.5 Å². The van der Waals surface area contributed by atoms with Crippen molar-refractivity contribution >= 4 is 17.7 Å². The molecule has 2 aliphatic carbocycles. The van der Waals surface area contributed by atoms with E-state index in [1.54, 1.807) is 11.8 Å². The fraction of sp³-hybridized carbons (Fsp3) is 0.900. The van der Waals surface area contributed by atoms with E-state index in [-0.39, 0.29) is 22.5 Å². The Morgan fingerprint density at radius 3 is 2.57 bits per heavy atom. The Morgan fingerprint density at radius 2 is 2.14 bits per heavy atom. The van der Waals surface area contributed by atoms with E-state index >= 15 is 0 Å². The van der Waals surface area contributed by atoms with Crippen LogP contribution in [-0.2, 0) is 4.79 Å². The molecule has 4 heteroatoms. The smallest absolute Gasteiger partial charge is 0.304 e. The van der Waals surface area contributed by atoms with Crippen LogP contribution in [0.15, 0.2) is 0 Å². The lowest BCUT2D eigenvalue weighted by atomic mass is 10.3. The van der Waals surface area contributed by atoms with E-state index in [1.807, 2.05) is 0 Å². The largest absolute Gasteiger partial charge is 0.481 e. The van der Waals surface area contributed by atoms with Gasteiger partial charge in [-0.15, -0.1) is 11.8 Å². The minimum Gasteiger partial charge on any atom is -0.481 e. The van der Waals surface area contributed by atoms with Crippen molar-refractivity contribution in [3.05, 3.63) is 0 Å². The molecular weight excluding hydrogens is 200 g/mol. The molecule has 2 atom stereocenters. The summed E-state index contributed by atoms with van der Waals surface area (Å²) in [7, 11) is 0. The SMILES string of the molecule is O=C(O)CC1(S[C@@H]2CCC[C@H]2O)CC1. The molecule has 2 aliphatic rings. The molecule has 2 N–H and O–H groups in total. The van der Waals surface area contributed by atoms with E-state index in [2.05, 4.69) is 0 Å². The zero-order chi connectivity index (χ0) is 10.2. The van der Waals surface area contributed by atoms with Crippen molar-refractivity contribution in [2.45, 2.75) is 54.6 Å². The van der Waals surface area contributed by atoms with Gasteiger partial charge in [0, 0.05) is 10.00 Å². The molecule has 2 fully saturated rings. The van der Waals surface area contributed by atoms with Crippen LogP contribution in [-0.4, -0.2) is 32.3 Å². The summed E-state index contributed by atoms with van der Waals surface area (Å²) in [4.78, 5) is 10.6. The van der Waals surface area contributed by atoms with Gasteiger partial charge in [-0.2, -0.15) is 0 Å². The Bertz CT molecular complexity index is 238. The van der Waals surface area contributed by atoms with Crippen LogP contribution < -0.4 is 0 Å². The summed E-state index contributed by atoms with van der Waals surface area (Å²) >= 11 is 1.73. The molecule has 2 saturated carbocycles. The number of aliphatic carboxylic acids is 1. The highest BCUT2D eigenvalue weighted by Crippen LogP contribution is 2.55. The van der Waals surface area contributed by atoms with Gasteiger partial charge in [0.2, 0.25) is 0 Å². The summed E-state index contributed by atoms with van der Waals surface area (Å²) < 4.78 is -0.0260. The average Bonchev–Trinajstić information content (AvgIpc) is 2.70. The fourth-order valence-electron chi connectivity index (χ4n) is 2.12. The molecule has 0 unspecified atom stereocenters. The number of carboxylic acid groups (broad SMARTS) is 1. The number of thioether (sulfide) groups is 1. The zero-order valence-corrected chi connectivity index (χ0v) is 8.92. The predicted molar refractivity (Wildman–Crippen MR) is 55.5 cm³/mol. The van der Waals surface area contributed by atoms with Crippen LogP contribution in [0.5, 0.6) is 0 Å². The van der Waals surface area contributed by atoms with Gasteiger partial charge < -0.3 is 10.2 Å². The van der Waals surface area contributed by atoms with Crippen molar-refractivity contribution in [3.8, 4) is 0 Å². The van der Waals surface area contributed by atoms with E-state index in [1.165, 1.54) is 0 Å². The third-order valence-corrected chi connectivity index (χ3v) is 5.01. The highest BCUT2D eigenvalue weighted by molar-refractivity contribution is 8.01. The van der Waals surface area contributed by atoms with Crippen molar-refractivity contribution in [3.63, 3.8) is 0 Å². The van der Waals surface area contributed by atoms with Crippen molar-refractivity contribution in [1.82, 2.24) is 0 Å². The third kappa shape index (κ3) is 2.23. The van der Waals surface area contributed by atoms with Crippen LogP contribution in [0.25, 0.3) is 0 Å². The van der Waals surface area contributed by atoms with E-state index in [0.717, 1.165) is 32.1 Å². The number of hydrogen-bond acceptors (Lipinski definition) is 3. The van der Waals surface area contributed by atoms with E-state index in [9.17, 15) is 9.90 Å². The molecule has 0 aromatic rings. The first-order valence-electron chi connectivity index (χ1n) is 5.19. The fourth-order valence-corrected chi connectivity index (χ4v) is 3.88. The first-order chi connectivity index (χ1) is 6.61. The maximum absolute atomic E-state index is 10.6. The Kier molecular flexibility index (Phi) is 2.75. The number of rotatable bonds is 4. The van der Waals surface area contributed by atoms with E-state index in [4.69, 9.17) is 5.11 Å². The second kappa shape index (κ2) is 3.74. The highest BCUT2D eigenvalue weighted by atomic mass is 32.2. The Balaban J connectivity index is 1.87. The lowest BCUT2D eigenvalue weighted by Gasteiger charge is -2.20. The summed E-state index contributed by atoms with van der Waals surface area (Å²) in [5.41, 5.74) is 0. The second-order valence-corrected chi connectivity index (χ2v) is 6.12. The zero-order valence-electron chi connectivity index (χ0n) is 8.11.